The third-order valence-corrected chi connectivity index (χ3v) is 3.98. The van der Waals surface area contributed by atoms with Gasteiger partial charge in [-0.2, -0.15) is 0 Å². The van der Waals surface area contributed by atoms with Crippen molar-refractivity contribution in [1.29, 1.82) is 0 Å². The summed E-state index contributed by atoms with van der Waals surface area (Å²) in [6, 6.07) is 4.25. The first kappa shape index (κ1) is 18.1. The van der Waals surface area contributed by atoms with Crippen molar-refractivity contribution in [2.45, 2.75) is 32.2 Å². The molecule has 0 bridgehead atoms. The normalized spacial score (nSPS) is 14.2. The predicted molar refractivity (Wildman–Crippen MR) is 88.7 cm³/mol. The largest absolute Gasteiger partial charge is 0.493 e. The molecule has 5 heteroatoms. The highest BCUT2D eigenvalue weighted by atomic mass is 35.5. The highest BCUT2D eigenvalue weighted by Crippen LogP contribution is 2.33. The first-order valence-electron chi connectivity index (χ1n) is 7.44. The number of nitrogens with two attached hydrogens (primary N) is 1. The lowest BCUT2D eigenvalue weighted by atomic mass is 9.98. The molecule has 1 heterocycles. The van der Waals surface area contributed by atoms with Gasteiger partial charge >= 0.3 is 0 Å². The summed E-state index contributed by atoms with van der Waals surface area (Å²) in [7, 11) is 3.38. The lowest BCUT2D eigenvalue weighted by molar-refractivity contribution is 0.247. The number of ether oxygens (including phenoxy) is 2. The minimum Gasteiger partial charge on any atom is -0.493 e. The standard InChI is InChI=1S/C16H26N2O2.ClH/c1-19-15-10-13-6-9-18(8-5-3-4-7-17)12-14(13)11-16(15)20-2;/h10-11H,3-9,12,17H2,1-2H3;1H. The second-order valence-corrected chi connectivity index (χ2v) is 5.35. The van der Waals surface area contributed by atoms with Crippen molar-refractivity contribution < 1.29 is 9.47 Å². The first-order chi connectivity index (χ1) is 9.78. The van der Waals surface area contributed by atoms with Crippen LogP contribution >= 0.6 is 12.4 Å². The average molecular weight is 315 g/mol. The molecule has 2 rings (SSSR count). The number of hydrogen-bond donors (Lipinski definition) is 1. The Morgan fingerprint density at radius 2 is 1.71 bits per heavy atom. The molecule has 1 aliphatic rings. The smallest absolute Gasteiger partial charge is 0.161 e. The second-order valence-electron chi connectivity index (χ2n) is 5.35. The van der Waals surface area contributed by atoms with Gasteiger partial charge in [-0.15, -0.1) is 12.4 Å². The maximum atomic E-state index is 5.53. The van der Waals surface area contributed by atoms with E-state index in [4.69, 9.17) is 15.2 Å². The van der Waals surface area contributed by atoms with E-state index >= 15 is 0 Å². The van der Waals surface area contributed by atoms with E-state index in [0.29, 0.717) is 0 Å². The number of nitrogens with zero attached hydrogens (tertiary/aromatic N) is 1. The maximum absolute atomic E-state index is 5.53. The van der Waals surface area contributed by atoms with Crippen LogP contribution in [0.25, 0.3) is 0 Å². The number of fused-ring (bicyclic) bond motifs is 1. The summed E-state index contributed by atoms with van der Waals surface area (Å²) in [6.45, 7) is 4.11. The van der Waals surface area contributed by atoms with Crippen LogP contribution in [0.3, 0.4) is 0 Å². The SMILES string of the molecule is COc1cc2c(cc1OC)CN(CCCCCN)CC2.Cl. The molecule has 120 valence electrons. The second kappa shape index (κ2) is 9.13. The predicted octanol–water partition coefficient (Wildman–Crippen LogP) is 2.61. The Kier molecular flexibility index (Phi) is 7.86. The van der Waals surface area contributed by atoms with E-state index in [1.807, 2.05) is 0 Å². The average Bonchev–Trinajstić information content (AvgIpc) is 2.50. The molecule has 4 nitrogen and oxygen atoms in total. The van der Waals surface area contributed by atoms with Gasteiger partial charge in [-0.05, 0) is 55.6 Å². The van der Waals surface area contributed by atoms with Gasteiger partial charge in [0.25, 0.3) is 0 Å². The van der Waals surface area contributed by atoms with E-state index in [-0.39, 0.29) is 12.4 Å². The van der Waals surface area contributed by atoms with E-state index in [1.165, 1.54) is 24.0 Å². The molecule has 0 amide bonds. The Balaban J connectivity index is 0.00000220. The van der Waals surface area contributed by atoms with Crippen LogP contribution in [0.4, 0.5) is 0 Å². The Hall–Kier alpha value is -0.970. The van der Waals surface area contributed by atoms with Crippen LogP contribution in [0.2, 0.25) is 0 Å². The summed E-state index contributed by atoms with van der Waals surface area (Å²) in [5.41, 5.74) is 8.29. The van der Waals surface area contributed by atoms with Gasteiger partial charge in [0, 0.05) is 13.1 Å². The molecule has 0 aromatic heterocycles. The van der Waals surface area contributed by atoms with Gasteiger partial charge in [-0.3, -0.25) is 4.90 Å². The fourth-order valence-electron chi connectivity index (χ4n) is 2.79. The van der Waals surface area contributed by atoms with Gasteiger partial charge in [0.2, 0.25) is 0 Å². The van der Waals surface area contributed by atoms with Gasteiger partial charge in [0.15, 0.2) is 11.5 Å². The Morgan fingerprint density at radius 1 is 1.05 bits per heavy atom. The van der Waals surface area contributed by atoms with Crippen molar-refractivity contribution >= 4 is 12.4 Å². The van der Waals surface area contributed by atoms with Crippen molar-refractivity contribution in [3.8, 4) is 11.5 Å². The molecule has 0 unspecified atom stereocenters. The van der Waals surface area contributed by atoms with Crippen LogP contribution in [0.1, 0.15) is 30.4 Å². The van der Waals surface area contributed by atoms with Gasteiger partial charge in [-0.1, -0.05) is 6.42 Å². The van der Waals surface area contributed by atoms with Crippen LogP contribution in [0.5, 0.6) is 11.5 Å². The van der Waals surface area contributed by atoms with Crippen LogP contribution in [0.15, 0.2) is 12.1 Å². The minimum absolute atomic E-state index is 0. The van der Waals surface area contributed by atoms with Crippen LogP contribution in [0, 0.1) is 0 Å². The zero-order valence-electron chi connectivity index (χ0n) is 13.1. The van der Waals surface area contributed by atoms with E-state index in [9.17, 15) is 0 Å². The van der Waals surface area contributed by atoms with Crippen molar-refractivity contribution in [3.63, 3.8) is 0 Å². The zero-order chi connectivity index (χ0) is 14.4. The molecule has 0 aliphatic carbocycles. The fourth-order valence-corrected chi connectivity index (χ4v) is 2.79. The lowest BCUT2D eigenvalue weighted by Gasteiger charge is -2.29. The highest BCUT2D eigenvalue weighted by Gasteiger charge is 2.18. The maximum Gasteiger partial charge on any atom is 0.161 e. The van der Waals surface area contributed by atoms with E-state index in [2.05, 4.69) is 17.0 Å². The molecule has 0 radical (unpaired) electrons. The number of methoxy groups -OCH3 is 2. The summed E-state index contributed by atoms with van der Waals surface area (Å²) in [4.78, 5) is 2.52. The first-order valence-corrected chi connectivity index (χ1v) is 7.44. The van der Waals surface area contributed by atoms with Crippen LogP contribution < -0.4 is 15.2 Å². The molecular formula is C16H27ClN2O2. The van der Waals surface area contributed by atoms with E-state index in [1.54, 1.807) is 14.2 Å². The van der Waals surface area contributed by atoms with Crippen molar-refractivity contribution in [2.24, 2.45) is 5.73 Å². The van der Waals surface area contributed by atoms with E-state index in [0.717, 1.165) is 50.5 Å². The highest BCUT2D eigenvalue weighted by molar-refractivity contribution is 5.85. The topological polar surface area (TPSA) is 47.7 Å². The number of benzene rings is 1. The van der Waals surface area contributed by atoms with Gasteiger partial charge < -0.3 is 15.2 Å². The number of halogens is 1. The Morgan fingerprint density at radius 3 is 2.33 bits per heavy atom. The number of rotatable bonds is 7. The summed E-state index contributed by atoms with van der Waals surface area (Å²) in [5.74, 6) is 1.67. The molecule has 1 aromatic rings. The molecule has 2 N–H and O–H groups in total. The molecule has 0 saturated carbocycles. The number of hydrogen-bond acceptors (Lipinski definition) is 4. The molecule has 0 fully saturated rings. The van der Waals surface area contributed by atoms with Crippen LogP contribution in [-0.2, 0) is 13.0 Å². The fraction of sp³-hybridized carbons (Fsp3) is 0.625. The van der Waals surface area contributed by atoms with Crippen molar-refractivity contribution in [2.75, 3.05) is 33.9 Å². The van der Waals surface area contributed by atoms with Crippen LogP contribution in [-0.4, -0.2) is 38.8 Å². The molecule has 0 atom stereocenters. The summed E-state index contributed by atoms with van der Waals surface area (Å²) < 4.78 is 10.8. The third-order valence-electron chi connectivity index (χ3n) is 3.98. The summed E-state index contributed by atoms with van der Waals surface area (Å²) in [5, 5.41) is 0. The molecule has 21 heavy (non-hydrogen) atoms. The lowest BCUT2D eigenvalue weighted by Crippen LogP contribution is -2.31. The summed E-state index contributed by atoms with van der Waals surface area (Å²) in [6.07, 6.45) is 4.69. The quantitative estimate of drug-likeness (QED) is 0.786. The monoisotopic (exact) mass is 314 g/mol. The molecule has 0 spiro atoms. The van der Waals surface area contributed by atoms with Gasteiger partial charge in [0.1, 0.15) is 0 Å². The van der Waals surface area contributed by atoms with Gasteiger partial charge in [-0.25, -0.2) is 0 Å². The summed E-state index contributed by atoms with van der Waals surface area (Å²) >= 11 is 0. The number of unbranched alkanes of at least 4 members (excludes halogenated alkanes) is 2. The molecule has 1 aliphatic heterocycles. The Labute approximate surface area is 134 Å². The van der Waals surface area contributed by atoms with Crippen molar-refractivity contribution in [1.82, 2.24) is 4.90 Å². The minimum atomic E-state index is 0. The molecule has 1 aromatic carbocycles. The molecular weight excluding hydrogens is 288 g/mol. The Bertz CT molecular complexity index is 441. The van der Waals surface area contributed by atoms with Crippen molar-refractivity contribution in [3.05, 3.63) is 23.3 Å². The van der Waals surface area contributed by atoms with Gasteiger partial charge in [0.05, 0.1) is 14.2 Å². The third kappa shape index (κ3) is 4.77. The zero-order valence-corrected chi connectivity index (χ0v) is 13.9. The molecule has 0 saturated heterocycles. The van der Waals surface area contributed by atoms with E-state index < -0.39 is 0 Å².